The maximum Gasteiger partial charge on any atom is 0.192 e. The van der Waals surface area contributed by atoms with Crippen LogP contribution in [0.2, 0.25) is 0 Å². The van der Waals surface area contributed by atoms with Crippen molar-refractivity contribution in [2.45, 2.75) is 18.4 Å². The van der Waals surface area contributed by atoms with E-state index in [0.717, 1.165) is 35.4 Å². The second-order valence-electron chi connectivity index (χ2n) is 5.65. The molecule has 0 radical (unpaired) electrons. The van der Waals surface area contributed by atoms with Crippen LogP contribution in [-0.2, 0) is 9.84 Å². The van der Waals surface area contributed by atoms with Gasteiger partial charge >= 0.3 is 0 Å². The molecule has 0 spiro atoms. The van der Waals surface area contributed by atoms with E-state index >= 15 is 0 Å². The molecule has 25 heavy (non-hydrogen) atoms. The van der Waals surface area contributed by atoms with Crippen LogP contribution < -0.4 is 4.74 Å². The third-order valence-corrected chi connectivity index (χ3v) is 4.64. The van der Waals surface area contributed by atoms with Crippen molar-refractivity contribution < 1.29 is 13.2 Å². The number of sulfone groups is 1. The Bertz CT molecular complexity index is 946. The van der Waals surface area contributed by atoms with Crippen LogP contribution in [0.25, 0.3) is 16.9 Å². The second kappa shape index (κ2) is 7.06. The molecule has 0 amide bonds. The molecule has 0 aliphatic rings. The molecule has 3 aromatic rings. The monoisotopic (exact) mass is 357 g/mol. The van der Waals surface area contributed by atoms with Crippen molar-refractivity contribution in [3.8, 4) is 22.7 Å². The highest BCUT2D eigenvalue weighted by molar-refractivity contribution is 7.90. The lowest BCUT2D eigenvalue weighted by molar-refractivity contribution is 0.317. The van der Waals surface area contributed by atoms with Gasteiger partial charge in [-0.2, -0.15) is 0 Å². The summed E-state index contributed by atoms with van der Waals surface area (Å²) in [5.41, 5.74) is 2.61. The highest BCUT2D eigenvalue weighted by Crippen LogP contribution is 2.25. The van der Waals surface area contributed by atoms with Gasteiger partial charge in [-0.3, -0.25) is 4.57 Å². The SMILES string of the molecule is CCCOc1ccc(-c2cncn2-c2ccc(S(C)(=O)=O)nc2)cc1. The third kappa shape index (κ3) is 3.88. The number of hydrogen-bond donors (Lipinski definition) is 0. The Morgan fingerprint density at radius 3 is 2.44 bits per heavy atom. The van der Waals surface area contributed by atoms with E-state index in [9.17, 15) is 8.42 Å². The van der Waals surface area contributed by atoms with Crippen LogP contribution in [0.4, 0.5) is 0 Å². The van der Waals surface area contributed by atoms with Crippen LogP contribution in [0, 0.1) is 0 Å². The normalized spacial score (nSPS) is 11.4. The summed E-state index contributed by atoms with van der Waals surface area (Å²) in [6.45, 7) is 2.76. The molecule has 0 aliphatic carbocycles. The predicted octanol–water partition coefficient (Wildman–Crippen LogP) is 3.13. The number of imidazole rings is 1. The quantitative estimate of drug-likeness (QED) is 0.678. The number of nitrogens with zero attached hydrogens (tertiary/aromatic N) is 3. The van der Waals surface area contributed by atoms with Crippen LogP contribution in [0.15, 0.2) is 60.1 Å². The van der Waals surface area contributed by atoms with Gasteiger partial charge in [-0.15, -0.1) is 0 Å². The summed E-state index contributed by atoms with van der Waals surface area (Å²) in [6, 6.07) is 11.0. The Kier molecular flexibility index (Phi) is 4.85. The Morgan fingerprint density at radius 1 is 1.08 bits per heavy atom. The van der Waals surface area contributed by atoms with Gasteiger partial charge in [0.15, 0.2) is 14.9 Å². The molecular weight excluding hydrogens is 338 g/mol. The molecule has 0 fully saturated rings. The van der Waals surface area contributed by atoms with Crippen molar-refractivity contribution in [2.75, 3.05) is 12.9 Å². The molecule has 0 aliphatic heterocycles. The minimum atomic E-state index is -3.31. The lowest BCUT2D eigenvalue weighted by atomic mass is 10.1. The highest BCUT2D eigenvalue weighted by atomic mass is 32.2. The Labute approximate surface area is 147 Å². The number of aromatic nitrogens is 3. The van der Waals surface area contributed by atoms with Crippen LogP contribution in [0.3, 0.4) is 0 Å². The zero-order valence-corrected chi connectivity index (χ0v) is 14.9. The summed E-state index contributed by atoms with van der Waals surface area (Å²) < 4.78 is 30.5. The number of ether oxygens (including phenoxy) is 1. The van der Waals surface area contributed by atoms with Gasteiger partial charge in [-0.05, 0) is 42.8 Å². The van der Waals surface area contributed by atoms with Crippen molar-refractivity contribution >= 4 is 9.84 Å². The first-order valence-electron chi connectivity index (χ1n) is 7.91. The summed E-state index contributed by atoms with van der Waals surface area (Å²) in [4.78, 5) is 8.24. The van der Waals surface area contributed by atoms with Gasteiger partial charge in [0.05, 0.1) is 36.7 Å². The van der Waals surface area contributed by atoms with E-state index in [4.69, 9.17) is 4.74 Å². The van der Waals surface area contributed by atoms with E-state index in [2.05, 4.69) is 16.9 Å². The van der Waals surface area contributed by atoms with Gasteiger partial charge in [-0.1, -0.05) is 6.92 Å². The van der Waals surface area contributed by atoms with Gasteiger partial charge in [0.25, 0.3) is 0 Å². The number of benzene rings is 1. The van der Waals surface area contributed by atoms with E-state index in [1.165, 1.54) is 12.3 Å². The van der Waals surface area contributed by atoms with Crippen LogP contribution in [0.1, 0.15) is 13.3 Å². The van der Waals surface area contributed by atoms with Gasteiger partial charge in [0.2, 0.25) is 0 Å². The van der Waals surface area contributed by atoms with E-state index < -0.39 is 9.84 Å². The predicted molar refractivity (Wildman–Crippen MR) is 95.7 cm³/mol. The van der Waals surface area contributed by atoms with Gasteiger partial charge in [0.1, 0.15) is 5.75 Å². The van der Waals surface area contributed by atoms with Crippen molar-refractivity contribution in [1.29, 1.82) is 0 Å². The Hall–Kier alpha value is -2.67. The smallest absolute Gasteiger partial charge is 0.192 e. The standard InChI is InChI=1S/C18H19N3O3S/c1-3-10-24-16-7-4-14(5-8-16)17-12-19-13-21(17)15-6-9-18(20-11-15)25(2,22)23/h4-9,11-13H,3,10H2,1-2H3. The molecule has 0 N–H and O–H groups in total. The summed E-state index contributed by atoms with van der Waals surface area (Å²) in [5, 5.41) is 0.0512. The molecule has 0 unspecified atom stereocenters. The first kappa shape index (κ1) is 17.2. The van der Waals surface area contributed by atoms with E-state index in [1.807, 2.05) is 28.8 Å². The molecular formula is C18H19N3O3S. The Balaban J connectivity index is 1.90. The summed E-state index contributed by atoms with van der Waals surface area (Å²) >= 11 is 0. The molecule has 0 saturated carbocycles. The molecule has 2 heterocycles. The fourth-order valence-electron chi connectivity index (χ4n) is 2.39. The molecule has 130 valence electrons. The zero-order valence-electron chi connectivity index (χ0n) is 14.1. The van der Waals surface area contributed by atoms with Crippen molar-refractivity contribution in [3.05, 3.63) is 55.1 Å². The first-order chi connectivity index (χ1) is 12.0. The first-order valence-corrected chi connectivity index (χ1v) is 9.80. The lowest BCUT2D eigenvalue weighted by Crippen LogP contribution is -2.02. The van der Waals surface area contributed by atoms with Gasteiger partial charge in [-0.25, -0.2) is 18.4 Å². The van der Waals surface area contributed by atoms with E-state index in [-0.39, 0.29) is 5.03 Å². The van der Waals surface area contributed by atoms with E-state index in [0.29, 0.717) is 6.61 Å². The van der Waals surface area contributed by atoms with Gasteiger partial charge < -0.3 is 4.74 Å². The molecule has 0 saturated heterocycles. The maximum absolute atomic E-state index is 11.5. The third-order valence-electron chi connectivity index (χ3n) is 3.64. The molecule has 7 heteroatoms. The second-order valence-corrected chi connectivity index (χ2v) is 7.61. The topological polar surface area (TPSA) is 74.1 Å². The lowest BCUT2D eigenvalue weighted by Gasteiger charge is -2.10. The van der Waals surface area contributed by atoms with Crippen LogP contribution >= 0.6 is 0 Å². The molecule has 1 aromatic carbocycles. The highest BCUT2D eigenvalue weighted by Gasteiger charge is 2.11. The van der Waals surface area contributed by atoms with E-state index in [1.54, 1.807) is 18.6 Å². The summed E-state index contributed by atoms with van der Waals surface area (Å²) in [6.07, 6.45) is 7.06. The number of pyridine rings is 1. The molecule has 0 atom stereocenters. The molecule has 6 nitrogen and oxygen atoms in total. The average molecular weight is 357 g/mol. The minimum absolute atomic E-state index is 0.0512. The fourth-order valence-corrected chi connectivity index (χ4v) is 2.95. The maximum atomic E-state index is 11.5. The number of rotatable bonds is 6. The zero-order chi connectivity index (χ0) is 17.9. The average Bonchev–Trinajstić information content (AvgIpc) is 3.09. The molecule has 2 aromatic heterocycles. The molecule has 3 rings (SSSR count). The fraction of sp³-hybridized carbons (Fsp3) is 0.222. The Morgan fingerprint density at radius 2 is 1.84 bits per heavy atom. The largest absolute Gasteiger partial charge is 0.494 e. The number of hydrogen-bond acceptors (Lipinski definition) is 5. The van der Waals surface area contributed by atoms with Crippen molar-refractivity contribution in [2.24, 2.45) is 0 Å². The summed E-state index contributed by atoms with van der Waals surface area (Å²) in [5.74, 6) is 0.829. The molecule has 0 bridgehead atoms. The summed E-state index contributed by atoms with van der Waals surface area (Å²) in [7, 11) is -3.31. The minimum Gasteiger partial charge on any atom is -0.494 e. The van der Waals surface area contributed by atoms with Crippen molar-refractivity contribution in [3.63, 3.8) is 0 Å². The van der Waals surface area contributed by atoms with Crippen LogP contribution in [-0.4, -0.2) is 35.8 Å². The van der Waals surface area contributed by atoms with Crippen LogP contribution in [0.5, 0.6) is 5.75 Å². The van der Waals surface area contributed by atoms with Crippen molar-refractivity contribution in [1.82, 2.24) is 14.5 Å². The van der Waals surface area contributed by atoms with Gasteiger partial charge in [0, 0.05) is 11.8 Å².